The first kappa shape index (κ1) is 22.6. The molecule has 30 heavy (non-hydrogen) atoms. The molecule has 1 heterocycles. The predicted molar refractivity (Wildman–Crippen MR) is 111 cm³/mol. The number of carbonyl (C=O) groups is 3. The Hall–Kier alpha value is -2.11. The van der Waals surface area contributed by atoms with Crippen LogP contribution in [0.1, 0.15) is 60.8 Å². The SMILES string of the molecule is C=C1COC(=O)[C@]12C[C@@]1(C)[C@H]([C@@H](OC(=O)C=C(C)C)CC[C@@H]1C)[C@H]2OC(=O)C(C)C. The Kier molecular flexibility index (Phi) is 5.91. The van der Waals surface area contributed by atoms with Gasteiger partial charge >= 0.3 is 17.9 Å². The van der Waals surface area contributed by atoms with Crippen molar-refractivity contribution in [1.29, 1.82) is 0 Å². The van der Waals surface area contributed by atoms with E-state index < -0.39 is 23.6 Å². The largest absolute Gasteiger partial charge is 0.460 e. The van der Waals surface area contributed by atoms with E-state index in [1.54, 1.807) is 13.8 Å². The van der Waals surface area contributed by atoms with Gasteiger partial charge in [-0.25, -0.2) is 4.79 Å². The minimum Gasteiger partial charge on any atom is -0.460 e. The van der Waals surface area contributed by atoms with Crippen LogP contribution in [0, 0.1) is 28.6 Å². The highest BCUT2D eigenvalue weighted by atomic mass is 16.6. The lowest BCUT2D eigenvalue weighted by Crippen LogP contribution is -2.50. The molecule has 2 aliphatic carbocycles. The third-order valence-electron chi connectivity index (χ3n) is 7.40. The van der Waals surface area contributed by atoms with Crippen LogP contribution in [0.2, 0.25) is 0 Å². The normalized spacial score (nSPS) is 37.7. The lowest BCUT2D eigenvalue weighted by atomic mass is 9.61. The second-order valence-corrected chi connectivity index (χ2v) is 10.0. The summed E-state index contributed by atoms with van der Waals surface area (Å²) in [5.74, 6) is -1.54. The summed E-state index contributed by atoms with van der Waals surface area (Å²) >= 11 is 0. The summed E-state index contributed by atoms with van der Waals surface area (Å²) in [6.45, 7) is 15.7. The highest BCUT2D eigenvalue weighted by Gasteiger charge is 2.72. The summed E-state index contributed by atoms with van der Waals surface area (Å²) in [4.78, 5) is 38.2. The van der Waals surface area contributed by atoms with Crippen LogP contribution in [0.5, 0.6) is 0 Å². The van der Waals surface area contributed by atoms with Crippen molar-refractivity contribution in [3.63, 3.8) is 0 Å². The maximum absolute atomic E-state index is 13.0. The fraction of sp³-hybridized carbons (Fsp3) is 0.708. The first-order valence-corrected chi connectivity index (χ1v) is 10.8. The van der Waals surface area contributed by atoms with Gasteiger partial charge in [0.1, 0.15) is 24.2 Å². The van der Waals surface area contributed by atoms with E-state index in [9.17, 15) is 14.4 Å². The average molecular weight is 419 g/mol. The molecule has 0 aromatic heterocycles. The van der Waals surface area contributed by atoms with Crippen molar-refractivity contribution in [1.82, 2.24) is 0 Å². The molecule has 6 atom stereocenters. The highest BCUT2D eigenvalue weighted by Crippen LogP contribution is 2.66. The van der Waals surface area contributed by atoms with Crippen LogP contribution in [0.25, 0.3) is 0 Å². The Morgan fingerprint density at radius 2 is 1.90 bits per heavy atom. The van der Waals surface area contributed by atoms with Crippen molar-refractivity contribution in [3.8, 4) is 0 Å². The summed E-state index contributed by atoms with van der Waals surface area (Å²) in [6.07, 6.45) is 2.28. The van der Waals surface area contributed by atoms with Crippen LogP contribution in [0.4, 0.5) is 0 Å². The van der Waals surface area contributed by atoms with Crippen molar-refractivity contribution in [3.05, 3.63) is 23.8 Å². The second kappa shape index (κ2) is 7.86. The monoisotopic (exact) mass is 418 g/mol. The zero-order valence-corrected chi connectivity index (χ0v) is 18.9. The summed E-state index contributed by atoms with van der Waals surface area (Å²) < 4.78 is 17.3. The standard InChI is InChI=1S/C24H34O6/c1-13(2)10-18(25)29-17-9-8-15(5)23(7)12-24(16(6)11-28-22(24)27)20(19(17)23)30-21(26)14(3)4/h10,14-15,17,19-20H,6,8-9,11-12H2,1-5,7H3/t15-,17-,19+,20+,23+,24+/m0/s1. The smallest absolute Gasteiger partial charge is 0.330 e. The molecule has 0 aromatic rings. The summed E-state index contributed by atoms with van der Waals surface area (Å²) in [7, 11) is 0. The van der Waals surface area contributed by atoms with Crippen molar-refractivity contribution in [2.45, 2.75) is 73.0 Å². The Balaban J connectivity index is 2.07. The molecule has 6 heteroatoms. The molecule has 0 aromatic carbocycles. The number of fused-ring (bicyclic) bond motifs is 1. The van der Waals surface area contributed by atoms with Crippen molar-refractivity contribution in [2.24, 2.45) is 28.6 Å². The van der Waals surface area contributed by atoms with E-state index in [1.165, 1.54) is 6.08 Å². The van der Waals surface area contributed by atoms with Crippen LogP contribution < -0.4 is 0 Å². The molecule has 1 spiro atoms. The van der Waals surface area contributed by atoms with Crippen LogP contribution in [0.3, 0.4) is 0 Å². The lowest BCUT2D eigenvalue weighted by Gasteiger charge is -2.46. The molecule has 0 radical (unpaired) electrons. The number of carbonyl (C=O) groups excluding carboxylic acids is 3. The van der Waals surface area contributed by atoms with Crippen molar-refractivity contribution in [2.75, 3.05) is 6.61 Å². The molecule has 3 rings (SSSR count). The van der Waals surface area contributed by atoms with Crippen molar-refractivity contribution >= 4 is 17.9 Å². The quantitative estimate of drug-likeness (QED) is 0.297. The average Bonchev–Trinajstić information content (AvgIpc) is 3.07. The number of esters is 3. The van der Waals surface area contributed by atoms with Gasteiger partial charge in [-0.1, -0.05) is 39.8 Å². The Bertz CT molecular complexity index is 774. The number of ether oxygens (including phenoxy) is 3. The molecule has 0 N–H and O–H groups in total. The number of allylic oxidation sites excluding steroid dienone is 1. The van der Waals surface area contributed by atoms with E-state index in [-0.39, 0.29) is 41.7 Å². The van der Waals surface area contributed by atoms with Gasteiger partial charge in [0, 0.05) is 12.0 Å². The molecule has 1 saturated heterocycles. The Morgan fingerprint density at radius 1 is 1.23 bits per heavy atom. The van der Waals surface area contributed by atoms with Gasteiger partial charge in [0.2, 0.25) is 0 Å². The van der Waals surface area contributed by atoms with Crippen LogP contribution in [0.15, 0.2) is 23.8 Å². The van der Waals surface area contributed by atoms with E-state index in [1.807, 2.05) is 13.8 Å². The topological polar surface area (TPSA) is 78.9 Å². The van der Waals surface area contributed by atoms with Gasteiger partial charge in [-0.05, 0) is 50.0 Å². The molecule has 2 saturated carbocycles. The van der Waals surface area contributed by atoms with E-state index >= 15 is 0 Å². The summed E-state index contributed by atoms with van der Waals surface area (Å²) in [5, 5.41) is 0. The third-order valence-corrected chi connectivity index (χ3v) is 7.40. The van der Waals surface area contributed by atoms with Gasteiger partial charge in [-0.3, -0.25) is 9.59 Å². The number of hydrogen-bond donors (Lipinski definition) is 0. The van der Waals surface area contributed by atoms with Gasteiger partial charge in [0.15, 0.2) is 0 Å². The molecule has 0 bridgehead atoms. The van der Waals surface area contributed by atoms with Crippen LogP contribution in [-0.2, 0) is 28.6 Å². The Morgan fingerprint density at radius 3 is 2.43 bits per heavy atom. The van der Waals surface area contributed by atoms with Crippen LogP contribution in [-0.4, -0.2) is 36.7 Å². The highest BCUT2D eigenvalue weighted by molar-refractivity contribution is 5.86. The first-order valence-electron chi connectivity index (χ1n) is 10.8. The van der Waals surface area contributed by atoms with E-state index in [0.717, 1.165) is 12.0 Å². The molecular formula is C24H34O6. The molecule has 166 valence electrons. The zero-order chi connectivity index (χ0) is 22.4. The third kappa shape index (κ3) is 3.48. The molecule has 1 aliphatic heterocycles. The number of rotatable bonds is 4. The predicted octanol–water partition coefficient (Wildman–Crippen LogP) is 3.99. The lowest BCUT2D eigenvalue weighted by molar-refractivity contribution is -0.176. The summed E-state index contributed by atoms with van der Waals surface area (Å²) in [5.41, 5.74) is 0.0585. The van der Waals surface area contributed by atoms with Crippen molar-refractivity contribution < 1.29 is 28.6 Å². The minimum absolute atomic E-state index is 0.133. The van der Waals surface area contributed by atoms with E-state index in [4.69, 9.17) is 14.2 Å². The molecule has 0 amide bonds. The Labute approximate surface area is 179 Å². The fourth-order valence-electron chi connectivity index (χ4n) is 5.57. The second-order valence-electron chi connectivity index (χ2n) is 10.0. The maximum Gasteiger partial charge on any atom is 0.330 e. The molecule has 6 nitrogen and oxygen atoms in total. The number of hydrogen-bond acceptors (Lipinski definition) is 6. The van der Waals surface area contributed by atoms with E-state index in [2.05, 4.69) is 20.4 Å². The fourth-order valence-corrected chi connectivity index (χ4v) is 5.57. The van der Waals surface area contributed by atoms with Gasteiger partial charge < -0.3 is 14.2 Å². The van der Waals surface area contributed by atoms with Crippen LogP contribution >= 0.6 is 0 Å². The molecule has 3 aliphatic rings. The molecule has 0 unspecified atom stereocenters. The minimum atomic E-state index is -1.08. The zero-order valence-electron chi connectivity index (χ0n) is 18.9. The van der Waals surface area contributed by atoms with Gasteiger partial charge in [0.05, 0.1) is 5.92 Å². The first-order chi connectivity index (χ1) is 13.9. The van der Waals surface area contributed by atoms with Gasteiger partial charge in [-0.2, -0.15) is 0 Å². The summed E-state index contributed by atoms with van der Waals surface area (Å²) in [6, 6.07) is 0. The maximum atomic E-state index is 13.0. The number of cyclic esters (lactones) is 1. The molecular weight excluding hydrogens is 384 g/mol. The van der Waals surface area contributed by atoms with E-state index in [0.29, 0.717) is 18.4 Å². The van der Waals surface area contributed by atoms with Gasteiger partial charge in [-0.15, -0.1) is 0 Å². The molecule has 3 fully saturated rings. The van der Waals surface area contributed by atoms with Gasteiger partial charge in [0.25, 0.3) is 0 Å².